The van der Waals surface area contributed by atoms with Crippen LogP contribution in [-0.4, -0.2) is 64.0 Å². The molecule has 6 rings (SSSR count). The number of hydrogen-bond donors (Lipinski definition) is 1. The third kappa shape index (κ3) is 4.62. The highest BCUT2D eigenvalue weighted by Gasteiger charge is 2.40. The Morgan fingerprint density at radius 1 is 1.16 bits per heavy atom. The van der Waals surface area contributed by atoms with E-state index in [9.17, 15) is 4.79 Å². The van der Waals surface area contributed by atoms with Crippen molar-refractivity contribution < 1.29 is 19.0 Å². The molecule has 2 aromatic carbocycles. The molecule has 2 atom stereocenters. The monoisotopic (exact) mass is 516 g/mol. The largest absolute Gasteiger partial charge is 0.493 e. The highest BCUT2D eigenvalue weighted by atomic mass is 16.7. The Bertz CT molecular complexity index is 1270. The van der Waals surface area contributed by atoms with E-state index in [1.54, 1.807) is 25.4 Å². The molecular formula is C30H36N4O4. The van der Waals surface area contributed by atoms with Crippen molar-refractivity contribution >= 4 is 5.91 Å². The van der Waals surface area contributed by atoms with Gasteiger partial charge >= 0.3 is 0 Å². The van der Waals surface area contributed by atoms with Gasteiger partial charge in [0.05, 0.1) is 18.8 Å². The second-order valence-electron chi connectivity index (χ2n) is 11.0. The zero-order valence-electron chi connectivity index (χ0n) is 22.4. The van der Waals surface area contributed by atoms with Crippen LogP contribution < -0.4 is 14.2 Å². The van der Waals surface area contributed by atoms with Crippen LogP contribution in [0.25, 0.3) is 0 Å². The first-order chi connectivity index (χ1) is 18.4. The average Bonchev–Trinajstić information content (AvgIpc) is 3.62. The number of carbonyl (C=O) groups is 1. The lowest BCUT2D eigenvalue weighted by Crippen LogP contribution is -2.50. The van der Waals surface area contributed by atoms with Gasteiger partial charge < -0.3 is 19.1 Å². The van der Waals surface area contributed by atoms with Crippen molar-refractivity contribution in [3.63, 3.8) is 0 Å². The van der Waals surface area contributed by atoms with Gasteiger partial charge in [0.25, 0.3) is 5.91 Å². The smallest absolute Gasteiger partial charge is 0.255 e. The van der Waals surface area contributed by atoms with Crippen molar-refractivity contribution in [3.8, 4) is 17.2 Å². The lowest BCUT2D eigenvalue weighted by molar-refractivity contribution is -0.0439. The third-order valence-corrected chi connectivity index (χ3v) is 8.07. The SMILES string of the molecule is COc1cc(C(=O)N(C[C@@H]2CCCN2C2CCC2)C(c2ccccc2)c2ccn[nH]2)cc2c1OC(C)(C)O2. The number of nitrogens with one attached hydrogen (secondary N) is 1. The molecule has 3 aromatic rings. The third-order valence-electron chi connectivity index (χ3n) is 8.07. The predicted molar refractivity (Wildman–Crippen MR) is 144 cm³/mol. The summed E-state index contributed by atoms with van der Waals surface area (Å²) in [7, 11) is 1.59. The van der Waals surface area contributed by atoms with Gasteiger partial charge in [-0.2, -0.15) is 5.10 Å². The molecule has 8 heteroatoms. The molecule has 1 aromatic heterocycles. The first kappa shape index (κ1) is 24.8. The number of ether oxygens (including phenoxy) is 3. The fourth-order valence-electron chi connectivity index (χ4n) is 6.09. The van der Waals surface area contributed by atoms with E-state index in [2.05, 4.69) is 27.2 Å². The molecule has 3 heterocycles. The molecule has 1 N–H and O–H groups in total. The summed E-state index contributed by atoms with van der Waals surface area (Å²) in [4.78, 5) is 19.2. The summed E-state index contributed by atoms with van der Waals surface area (Å²) in [6, 6.07) is 16.3. The number of hydrogen-bond acceptors (Lipinski definition) is 6. The summed E-state index contributed by atoms with van der Waals surface area (Å²) in [5, 5.41) is 7.39. The van der Waals surface area contributed by atoms with Crippen LogP contribution in [0.3, 0.4) is 0 Å². The average molecular weight is 517 g/mol. The molecule has 1 unspecified atom stereocenters. The maximum absolute atomic E-state index is 14.6. The van der Waals surface area contributed by atoms with Gasteiger partial charge in [0.2, 0.25) is 11.5 Å². The van der Waals surface area contributed by atoms with Gasteiger partial charge in [-0.05, 0) is 56.0 Å². The number of aromatic nitrogens is 2. The number of benzene rings is 2. The van der Waals surface area contributed by atoms with E-state index in [0.29, 0.717) is 41.4 Å². The van der Waals surface area contributed by atoms with Crippen molar-refractivity contribution in [2.24, 2.45) is 0 Å². The predicted octanol–water partition coefficient (Wildman–Crippen LogP) is 5.17. The number of fused-ring (bicyclic) bond motifs is 1. The fourth-order valence-corrected chi connectivity index (χ4v) is 6.09. The quantitative estimate of drug-likeness (QED) is 0.445. The molecule has 3 aliphatic rings. The minimum Gasteiger partial charge on any atom is -0.493 e. The molecule has 2 aliphatic heterocycles. The first-order valence-electron chi connectivity index (χ1n) is 13.6. The number of amides is 1. The molecule has 8 nitrogen and oxygen atoms in total. The van der Waals surface area contributed by atoms with Crippen molar-refractivity contribution in [2.45, 2.75) is 69.9 Å². The summed E-state index contributed by atoms with van der Waals surface area (Å²) in [5.74, 6) is 0.634. The number of aromatic amines is 1. The zero-order valence-corrected chi connectivity index (χ0v) is 22.4. The number of carbonyl (C=O) groups excluding carboxylic acids is 1. The first-order valence-corrected chi connectivity index (χ1v) is 13.6. The summed E-state index contributed by atoms with van der Waals surface area (Å²) < 4.78 is 17.6. The van der Waals surface area contributed by atoms with Gasteiger partial charge in [0.1, 0.15) is 0 Å². The molecule has 200 valence electrons. The molecule has 1 saturated carbocycles. The Balaban J connectivity index is 1.42. The van der Waals surface area contributed by atoms with Crippen LogP contribution in [0.5, 0.6) is 17.2 Å². The topological polar surface area (TPSA) is 79.9 Å². The summed E-state index contributed by atoms with van der Waals surface area (Å²) in [6.45, 7) is 5.42. The van der Waals surface area contributed by atoms with E-state index < -0.39 is 5.79 Å². The van der Waals surface area contributed by atoms with Crippen LogP contribution in [0, 0.1) is 0 Å². The van der Waals surface area contributed by atoms with E-state index in [0.717, 1.165) is 30.6 Å². The van der Waals surface area contributed by atoms with Gasteiger partial charge in [-0.25, -0.2) is 0 Å². The molecule has 0 radical (unpaired) electrons. The Labute approximate surface area is 223 Å². The number of methoxy groups -OCH3 is 1. The van der Waals surface area contributed by atoms with E-state index >= 15 is 0 Å². The lowest BCUT2D eigenvalue weighted by atomic mass is 9.90. The standard InChI is InChI=1S/C30H36N4O4/c1-30(2)37-26-18-21(17-25(36-3)28(26)38-30)29(35)34(19-23-13-8-16-33(23)22-11-7-12-22)27(24-14-15-31-32-24)20-9-5-4-6-10-20/h4-6,9-10,14-15,17-18,22-23,27H,7-8,11-13,16,19H2,1-3H3,(H,31,32)/t23-,27?/m0/s1. The molecule has 1 aliphatic carbocycles. The van der Waals surface area contributed by atoms with Crippen LogP contribution in [-0.2, 0) is 0 Å². The van der Waals surface area contributed by atoms with Crippen LogP contribution in [0.2, 0.25) is 0 Å². The number of nitrogens with zero attached hydrogens (tertiary/aromatic N) is 3. The minimum atomic E-state index is -0.827. The van der Waals surface area contributed by atoms with Crippen molar-refractivity contribution in [1.29, 1.82) is 0 Å². The van der Waals surface area contributed by atoms with Crippen LogP contribution >= 0.6 is 0 Å². The second kappa shape index (κ2) is 9.98. The molecule has 1 saturated heterocycles. The molecule has 1 amide bonds. The summed E-state index contributed by atoms with van der Waals surface area (Å²) in [5.41, 5.74) is 2.43. The zero-order chi connectivity index (χ0) is 26.3. The maximum atomic E-state index is 14.6. The van der Waals surface area contributed by atoms with Crippen LogP contribution in [0.4, 0.5) is 0 Å². The van der Waals surface area contributed by atoms with E-state index in [-0.39, 0.29) is 11.9 Å². The minimum absolute atomic E-state index is 0.0803. The van der Waals surface area contributed by atoms with Gasteiger partial charge in [-0.3, -0.25) is 14.8 Å². The van der Waals surface area contributed by atoms with E-state index in [1.165, 1.54) is 19.3 Å². The molecule has 2 fully saturated rings. The van der Waals surface area contributed by atoms with E-state index in [1.807, 2.05) is 43.0 Å². The molecule has 0 bridgehead atoms. The fraction of sp³-hybridized carbons (Fsp3) is 0.467. The van der Waals surface area contributed by atoms with Gasteiger partial charge in [0, 0.05) is 44.2 Å². The lowest BCUT2D eigenvalue weighted by Gasteiger charge is -2.42. The highest BCUT2D eigenvalue weighted by molar-refractivity contribution is 5.96. The van der Waals surface area contributed by atoms with Gasteiger partial charge in [-0.15, -0.1) is 0 Å². The Kier molecular flexibility index (Phi) is 6.51. The summed E-state index contributed by atoms with van der Waals surface area (Å²) >= 11 is 0. The van der Waals surface area contributed by atoms with Crippen molar-refractivity contribution in [3.05, 3.63) is 71.5 Å². The molecule has 0 spiro atoms. The van der Waals surface area contributed by atoms with Crippen molar-refractivity contribution in [1.82, 2.24) is 20.0 Å². The van der Waals surface area contributed by atoms with Crippen LogP contribution in [0.15, 0.2) is 54.7 Å². The number of rotatable bonds is 8. The molecular weight excluding hydrogens is 480 g/mol. The second-order valence-corrected chi connectivity index (χ2v) is 11.0. The van der Waals surface area contributed by atoms with E-state index in [4.69, 9.17) is 14.2 Å². The Morgan fingerprint density at radius 3 is 2.66 bits per heavy atom. The maximum Gasteiger partial charge on any atom is 0.255 e. The van der Waals surface area contributed by atoms with Crippen LogP contribution in [0.1, 0.15) is 73.6 Å². The number of likely N-dealkylation sites (tertiary alicyclic amines) is 1. The Hall–Kier alpha value is -3.52. The van der Waals surface area contributed by atoms with Crippen molar-refractivity contribution in [2.75, 3.05) is 20.2 Å². The van der Waals surface area contributed by atoms with Gasteiger partial charge in [0.15, 0.2) is 11.5 Å². The summed E-state index contributed by atoms with van der Waals surface area (Å²) in [6.07, 6.45) is 7.80. The number of H-pyrrole nitrogens is 1. The highest BCUT2D eigenvalue weighted by Crippen LogP contribution is 2.47. The Morgan fingerprint density at radius 2 is 1.97 bits per heavy atom. The molecule has 38 heavy (non-hydrogen) atoms. The van der Waals surface area contributed by atoms with Gasteiger partial charge in [-0.1, -0.05) is 36.8 Å². The normalized spacial score (nSPS) is 21.2.